The Morgan fingerprint density at radius 3 is 2.52 bits per heavy atom. The summed E-state index contributed by atoms with van der Waals surface area (Å²) in [6, 6.07) is 2.10. The van der Waals surface area contributed by atoms with Crippen molar-refractivity contribution in [1.29, 1.82) is 0 Å². The number of fused-ring (bicyclic) bond motifs is 1. The summed E-state index contributed by atoms with van der Waals surface area (Å²) in [7, 11) is -4.32. The number of hydrogen-bond donors (Lipinski definition) is 1. The maximum absolute atomic E-state index is 12.5. The molecule has 0 radical (unpaired) electrons. The SMILES string of the molecule is C[C@H](NS(=O)(=O)c1ccc(Br)c2ccncc12)C(F)(F)F. The molecule has 2 rings (SSSR count). The van der Waals surface area contributed by atoms with Crippen LogP contribution >= 0.6 is 15.9 Å². The highest BCUT2D eigenvalue weighted by Crippen LogP contribution is 2.29. The molecule has 0 saturated heterocycles. The molecule has 1 heterocycles. The molecule has 0 aliphatic heterocycles. The van der Waals surface area contributed by atoms with E-state index < -0.39 is 22.2 Å². The lowest BCUT2D eigenvalue weighted by Crippen LogP contribution is -2.43. The van der Waals surface area contributed by atoms with Gasteiger partial charge in [-0.1, -0.05) is 15.9 Å². The highest BCUT2D eigenvalue weighted by molar-refractivity contribution is 9.10. The molecule has 21 heavy (non-hydrogen) atoms. The molecule has 114 valence electrons. The highest BCUT2D eigenvalue weighted by Gasteiger charge is 2.39. The third-order valence-corrected chi connectivity index (χ3v) is 5.13. The molecule has 0 amide bonds. The average molecular weight is 383 g/mol. The summed E-state index contributed by atoms with van der Waals surface area (Å²) >= 11 is 3.26. The fourth-order valence-corrected chi connectivity index (χ4v) is 3.63. The van der Waals surface area contributed by atoms with Crippen molar-refractivity contribution in [2.45, 2.75) is 24.0 Å². The van der Waals surface area contributed by atoms with Crippen LogP contribution in [0.3, 0.4) is 0 Å². The van der Waals surface area contributed by atoms with E-state index in [4.69, 9.17) is 0 Å². The van der Waals surface area contributed by atoms with Crippen LogP contribution in [0.25, 0.3) is 10.8 Å². The van der Waals surface area contributed by atoms with E-state index >= 15 is 0 Å². The Bertz CT molecular complexity index is 778. The van der Waals surface area contributed by atoms with Crippen LogP contribution in [0.2, 0.25) is 0 Å². The van der Waals surface area contributed by atoms with Gasteiger partial charge in [0.25, 0.3) is 0 Å². The molecule has 1 aromatic carbocycles. The maximum atomic E-state index is 12.5. The van der Waals surface area contributed by atoms with E-state index in [1.165, 1.54) is 24.5 Å². The third kappa shape index (κ3) is 3.35. The first-order valence-corrected chi connectivity index (χ1v) is 8.02. The van der Waals surface area contributed by atoms with Gasteiger partial charge in [0.2, 0.25) is 10.0 Å². The first-order chi connectivity index (χ1) is 9.63. The lowest BCUT2D eigenvalue weighted by Gasteiger charge is -2.18. The molecule has 9 heteroatoms. The van der Waals surface area contributed by atoms with Crippen molar-refractivity contribution in [3.63, 3.8) is 0 Å². The van der Waals surface area contributed by atoms with Crippen LogP contribution in [0.5, 0.6) is 0 Å². The number of pyridine rings is 1. The van der Waals surface area contributed by atoms with Crippen molar-refractivity contribution in [2.75, 3.05) is 0 Å². The standard InChI is InChI=1S/C12H10BrF3N2O2S/c1-7(12(14,15)16)18-21(19,20)11-3-2-10(13)8-4-5-17-6-9(8)11/h2-7,18H,1H3/t7-/m0/s1. The van der Waals surface area contributed by atoms with Crippen LogP contribution in [0.15, 0.2) is 40.0 Å². The van der Waals surface area contributed by atoms with E-state index in [1.807, 2.05) is 0 Å². The molecule has 1 N–H and O–H groups in total. The van der Waals surface area contributed by atoms with E-state index in [2.05, 4.69) is 20.9 Å². The molecule has 2 aromatic rings. The fourth-order valence-electron chi connectivity index (χ4n) is 1.72. The van der Waals surface area contributed by atoms with Crippen LogP contribution in [0.1, 0.15) is 6.92 Å². The number of sulfonamides is 1. The number of rotatable bonds is 3. The van der Waals surface area contributed by atoms with Gasteiger partial charge in [0.15, 0.2) is 0 Å². The summed E-state index contributed by atoms with van der Waals surface area (Å²) in [6.45, 7) is 0.747. The Balaban J connectivity index is 2.54. The van der Waals surface area contributed by atoms with Crippen molar-refractivity contribution in [3.8, 4) is 0 Å². The molecule has 1 aromatic heterocycles. The fraction of sp³-hybridized carbons (Fsp3) is 0.250. The van der Waals surface area contributed by atoms with Gasteiger partial charge in [0.1, 0.15) is 6.04 Å². The number of aromatic nitrogens is 1. The number of alkyl halides is 3. The number of benzene rings is 1. The first kappa shape index (κ1) is 16.2. The molecule has 0 saturated carbocycles. The van der Waals surface area contributed by atoms with Gasteiger partial charge in [-0.25, -0.2) is 8.42 Å². The number of nitrogens with one attached hydrogen (secondary N) is 1. The molecule has 0 unspecified atom stereocenters. The molecular formula is C12H10BrF3N2O2S. The second-order valence-corrected chi connectivity index (χ2v) is 6.89. The van der Waals surface area contributed by atoms with Gasteiger partial charge in [-0.3, -0.25) is 4.98 Å². The van der Waals surface area contributed by atoms with E-state index in [9.17, 15) is 21.6 Å². The Labute approximate surface area is 127 Å². The molecule has 0 aliphatic rings. The van der Waals surface area contributed by atoms with E-state index in [1.54, 1.807) is 10.8 Å². The lowest BCUT2D eigenvalue weighted by molar-refractivity contribution is -0.147. The summed E-state index contributed by atoms with van der Waals surface area (Å²) in [5.41, 5.74) is 0. The number of hydrogen-bond acceptors (Lipinski definition) is 3. The summed E-state index contributed by atoms with van der Waals surface area (Å²) < 4.78 is 64.2. The van der Waals surface area contributed by atoms with Gasteiger partial charge in [0.05, 0.1) is 4.90 Å². The minimum atomic E-state index is -4.66. The molecule has 0 spiro atoms. The van der Waals surface area contributed by atoms with E-state index in [0.29, 0.717) is 9.86 Å². The lowest BCUT2D eigenvalue weighted by atomic mass is 10.2. The Kier molecular flexibility index (Phi) is 4.27. The minimum Gasteiger partial charge on any atom is -0.264 e. The predicted molar refractivity (Wildman–Crippen MR) is 75.3 cm³/mol. The van der Waals surface area contributed by atoms with Crippen LogP contribution in [-0.2, 0) is 10.0 Å². The molecule has 0 fully saturated rings. The van der Waals surface area contributed by atoms with Crippen molar-refractivity contribution < 1.29 is 21.6 Å². The quantitative estimate of drug-likeness (QED) is 0.886. The maximum Gasteiger partial charge on any atom is 0.404 e. The highest BCUT2D eigenvalue weighted by atomic mass is 79.9. The number of halogens is 4. The molecule has 4 nitrogen and oxygen atoms in total. The van der Waals surface area contributed by atoms with Crippen molar-refractivity contribution in [3.05, 3.63) is 35.1 Å². The van der Waals surface area contributed by atoms with Crippen LogP contribution in [0, 0.1) is 0 Å². The third-order valence-electron chi connectivity index (χ3n) is 2.84. The Morgan fingerprint density at radius 1 is 1.24 bits per heavy atom. The normalized spacial score (nSPS) is 14.3. The average Bonchev–Trinajstić information content (AvgIpc) is 2.37. The van der Waals surface area contributed by atoms with Gasteiger partial charge < -0.3 is 0 Å². The molecule has 0 bridgehead atoms. The van der Waals surface area contributed by atoms with Crippen LogP contribution < -0.4 is 4.72 Å². The number of nitrogens with zero attached hydrogens (tertiary/aromatic N) is 1. The van der Waals surface area contributed by atoms with E-state index in [0.717, 1.165) is 6.92 Å². The zero-order valence-electron chi connectivity index (χ0n) is 10.6. The van der Waals surface area contributed by atoms with Crippen molar-refractivity contribution >= 4 is 36.7 Å². The summed E-state index contributed by atoms with van der Waals surface area (Å²) in [4.78, 5) is 3.58. The second kappa shape index (κ2) is 5.54. The van der Waals surface area contributed by atoms with Gasteiger partial charge in [0, 0.05) is 27.6 Å². The van der Waals surface area contributed by atoms with Crippen LogP contribution in [-0.4, -0.2) is 25.6 Å². The summed E-state index contributed by atoms with van der Waals surface area (Å²) in [6.07, 6.45) is -1.89. The van der Waals surface area contributed by atoms with Gasteiger partial charge in [-0.2, -0.15) is 17.9 Å². The summed E-state index contributed by atoms with van der Waals surface area (Å²) in [5.74, 6) is 0. The zero-order valence-corrected chi connectivity index (χ0v) is 13.1. The summed E-state index contributed by atoms with van der Waals surface area (Å²) in [5, 5.41) is 0.793. The molecule has 0 aliphatic carbocycles. The topological polar surface area (TPSA) is 59.1 Å². The molecule has 1 atom stereocenters. The van der Waals surface area contributed by atoms with E-state index in [-0.39, 0.29) is 10.3 Å². The Hall–Kier alpha value is -1.19. The predicted octanol–water partition coefficient (Wildman–Crippen LogP) is 3.23. The minimum absolute atomic E-state index is 0.244. The smallest absolute Gasteiger partial charge is 0.264 e. The monoisotopic (exact) mass is 382 g/mol. The van der Waals surface area contributed by atoms with Crippen molar-refractivity contribution in [2.24, 2.45) is 0 Å². The van der Waals surface area contributed by atoms with Gasteiger partial charge >= 0.3 is 6.18 Å². The Morgan fingerprint density at radius 2 is 1.90 bits per heavy atom. The van der Waals surface area contributed by atoms with Crippen LogP contribution in [0.4, 0.5) is 13.2 Å². The van der Waals surface area contributed by atoms with Gasteiger partial charge in [-0.15, -0.1) is 0 Å². The van der Waals surface area contributed by atoms with Gasteiger partial charge in [-0.05, 0) is 25.1 Å². The largest absolute Gasteiger partial charge is 0.404 e. The second-order valence-electron chi connectivity index (χ2n) is 4.35. The molecular weight excluding hydrogens is 373 g/mol. The zero-order chi connectivity index (χ0) is 15.8. The first-order valence-electron chi connectivity index (χ1n) is 5.74. The van der Waals surface area contributed by atoms with Crippen molar-refractivity contribution in [1.82, 2.24) is 9.71 Å².